The number of aliphatic hydroxyl groups is 1. The van der Waals surface area contributed by atoms with Crippen molar-refractivity contribution in [3.8, 4) is 5.75 Å². The summed E-state index contributed by atoms with van der Waals surface area (Å²) in [7, 11) is -1.71. The van der Waals surface area contributed by atoms with Crippen molar-refractivity contribution in [3.63, 3.8) is 0 Å². The first-order valence-corrected chi connectivity index (χ1v) is 18.6. The second-order valence-electron chi connectivity index (χ2n) is 13.7. The van der Waals surface area contributed by atoms with Gasteiger partial charge in [0.15, 0.2) is 0 Å². The Morgan fingerprint density at radius 1 is 1.00 bits per heavy atom. The van der Waals surface area contributed by atoms with Crippen molar-refractivity contribution in [2.45, 2.75) is 102 Å². The number of anilines is 1. The van der Waals surface area contributed by atoms with Crippen LogP contribution >= 0.6 is 0 Å². The molecule has 1 aliphatic heterocycles. The molecular formula is C36H55N3O6S. The molecule has 0 saturated heterocycles. The minimum atomic E-state index is -3.88. The van der Waals surface area contributed by atoms with Gasteiger partial charge in [-0.15, -0.1) is 0 Å². The normalized spacial score (nSPS) is 23.3. The van der Waals surface area contributed by atoms with Gasteiger partial charge >= 0.3 is 0 Å². The third-order valence-electron chi connectivity index (χ3n) is 9.42. The van der Waals surface area contributed by atoms with Crippen LogP contribution in [0.2, 0.25) is 0 Å². The largest absolute Gasteiger partial charge is 0.490 e. The van der Waals surface area contributed by atoms with Gasteiger partial charge < -0.3 is 24.4 Å². The molecule has 2 aromatic carbocycles. The average Bonchev–Trinajstić information content (AvgIpc) is 3.03. The number of nitrogens with one attached hydrogen (secondary N) is 1. The summed E-state index contributed by atoms with van der Waals surface area (Å²) in [5, 5.41) is 10.2. The summed E-state index contributed by atoms with van der Waals surface area (Å²) in [5.74, 6) is 0.783. The predicted octanol–water partition coefficient (Wildman–Crippen LogP) is 6.10. The maximum Gasteiger partial charge on any atom is 0.261 e. The number of hydrogen-bond acceptors (Lipinski definition) is 7. The molecule has 0 radical (unpaired) electrons. The molecule has 46 heavy (non-hydrogen) atoms. The first-order chi connectivity index (χ1) is 22.0. The molecular weight excluding hydrogens is 602 g/mol. The van der Waals surface area contributed by atoms with Crippen LogP contribution in [0.4, 0.5) is 5.69 Å². The van der Waals surface area contributed by atoms with E-state index in [1.54, 1.807) is 47.4 Å². The zero-order chi connectivity index (χ0) is 33.3. The van der Waals surface area contributed by atoms with E-state index in [0.717, 1.165) is 43.8 Å². The van der Waals surface area contributed by atoms with Gasteiger partial charge in [0.25, 0.3) is 15.9 Å². The highest BCUT2D eigenvalue weighted by atomic mass is 32.2. The van der Waals surface area contributed by atoms with Crippen molar-refractivity contribution in [1.29, 1.82) is 0 Å². The van der Waals surface area contributed by atoms with Gasteiger partial charge in [-0.3, -0.25) is 9.52 Å². The molecule has 4 rings (SSSR count). The van der Waals surface area contributed by atoms with Gasteiger partial charge in [0.1, 0.15) is 5.75 Å². The third kappa shape index (κ3) is 10.2. The number of amides is 1. The van der Waals surface area contributed by atoms with Gasteiger partial charge in [-0.25, -0.2) is 8.42 Å². The molecule has 1 aliphatic carbocycles. The molecule has 1 heterocycles. The van der Waals surface area contributed by atoms with E-state index in [9.17, 15) is 18.3 Å². The van der Waals surface area contributed by atoms with Crippen molar-refractivity contribution < 1.29 is 27.8 Å². The Morgan fingerprint density at radius 2 is 1.70 bits per heavy atom. The zero-order valence-corrected chi connectivity index (χ0v) is 29.2. The molecule has 2 aromatic rings. The van der Waals surface area contributed by atoms with Crippen molar-refractivity contribution in [3.05, 3.63) is 53.6 Å². The second-order valence-corrected chi connectivity index (χ2v) is 15.3. The Labute approximate surface area is 276 Å². The van der Waals surface area contributed by atoms with Crippen molar-refractivity contribution in [1.82, 2.24) is 9.80 Å². The standard InChI is InChI=1S/C36H55N3O6S/c1-26-14-17-32(18-15-26)46(42,43)37-31-16-19-34-33(21-31)36(41)39(28(3)25-40)22-27(2)35(44-20-10-9-11-29(4)45-34)24-38(5)23-30-12-7-6-8-13-30/h14-19,21,27-30,35,37,40H,6-13,20,22-25H2,1-5H3/t27-,28-,29-,35+/m0/s1. The summed E-state index contributed by atoms with van der Waals surface area (Å²) in [6.07, 6.45) is 8.89. The van der Waals surface area contributed by atoms with E-state index in [1.807, 2.05) is 20.8 Å². The minimum absolute atomic E-state index is 0.0128. The molecule has 9 nitrogen and oxygen atoms in total. The van der Waals surface area contributed by atoms with Crippen LogP contribution in [0.15, 0.2) is 47.4 Å². The number of nitrogens with zero attached hydrogens (tertiary/aromatic N) is 2. The average molecular weight is 658 g/mol. The van der Waals surface area contributed by atoms with Crippen LogP contribution in [-0.4, -0.2) is 87.4 Å². The number of sulfonamides is 1. The molecule has 0 spiro atoms. The first kappa shape index (κ1) is 36.2. The minimum Gasteiger partial charge on any atom is -0.490 e. The number of aliphatic hydroxyl groups excluding tert-OH is 1. The van der Waals surface area contributed by atoms with Crippen LogP contribution in [0.25, 0.3) is 0 Å². The van der Waals surface area contributed by atoms with Crippen molar-refractivity contribution >= 4 is 21.6 Å². The molecule has 0 unspecified atom stereocenters. The van der Waals surface area contributed by atoms with Crippen LogP contribution in [0.1, 0.15) is 88.1 Å². The van der Waals surface area contributed by atoms with Crippen LogP contribution in [0.3, 0.4) is 0 Å². The van der Waals surface area contributed by atoms with Crippen LogP contribution < -0.4 is 9.46 Å². The van der Waals surface area contributed by atoms with E-state index in [2.05, 4.69) is 23.6 Å². The Hall–Kier alpha value is -2.66. The van der Waals surface area contributed by atoms with Gasteiger partial charge in [0.2, 0.25) is 0 Å². The lowest BCUT2D eigenvalue weighted by molar-refractivity contribution is -0.0190. The smallest absolute Gasteiger partial charge is 0.261 e. The monoisotopic (exact) mass is 657 g/mol. The van der Waals surface area contributed by atoms with Gasteiger partial charge in [-0.2, -0.15) is 0 Å². The Morgan fingerprint density at radius 3 is 2.39 bits per heavy atom. The molecule has 1 saturated carbocycles. The van der Waals surface area contributed by atoms with Crippen LogP contribution in [0, 0.1) is 18.8 Å². The summed E-state index contributed by atoms with van der Waals surface area (Å²) in [4.78, 5) is 18.6. The third-order valence-corrected chi connectivity index (χ3v) is 10.8. The van der Waals surface area contributed by atoms with Crippen molar-refractivity contribution in [2.24, 2.45) is 11.8 Å². The summed E-state index contributed by atoms with van der Waals surface area (Å²) in [6, 6.07) is 11.0. The molecule has 1 fully saturated rings. The van der Waals surface area contributed by atoms with Crippen molar-refractivity contribution in [2.75, 3.05) is 44.6 Å². The summed E-state index contributed by atoms with van der Waals surface area (Å²) in [6.45, 7) is 10.4. The Bertz CT molecular complexity index is 1360. The Balaban J connectivity index is 1.62. The van der Waals surface area contributed by atoms with E-state index >= 15 is 0 Å². The molecule has 0 bridgehead atoms. The Kier molecular flexibility index (Phi) is 13.3. The lowest BCUT2D eigenvalue weighted by Crippen LogP contribution is -2.47. The number of fused-ring (bicyclic) bond motifs is 1. The van der Waals surface area contributed by atoms with Gasteiger partial charge in [-0.1, -0.05) is 43.9 Å². The highest BCUT2D eigenvalue weighted by Crippen LogP contribution is 2.30. The fourth-order valence-corrected chi connectivity index (χ4v) is 7.62. The first-order valence-electron chi connectivity index (χ1n) is 17.1. The second kappa shape index (κ2) is 16.9. The molecule has 4 atom stereocenters. The highest BCUT2D eigenvalue weighted by molar-refractivity contribution is 7.92. The molecule has 1 amide bonds. The number of benzene rings is 2. The number of hydrogen-bond donors (Lipinski definition) is 2. The maximum absolute atomic E-state index is 14.4. The van der Waals surface area contributed by atoms with E-state index < -0.39 is 16.1 Å². The summed E-state index contributed by atoms with van der Waals surface area (Å²) >= 11 is 0. The maximum atomic E-state index is 14.4. The molecule has 2 aliphatic rings. The predicted molar refractivity (Wildman–Crippen MR) is 183 cm³/mol. The molecule has 2 N–H and O–H groups in total. The molecule has 256 valence electrons. The van der Waals surface area contributed by atoms with E-state index in [0.29, 0.717) is 18.9 Å². The topological polar surface area (TPSA) is 108 Å². The summed E-state index contributed by atoms with van der Waals surface area (Å²) < 4.78 is 41.9. The summed E-state index contributed by atoms with van der Waals surface area (Å²) in [5.41, 5.74) is 1.48. The molecule has 0 aromatic heterocycles. The lowest BCUT2D eigenvalue weighted by Gasteiger charge is -2.36. The van der Waals surface area contributed by atoms with E-state index in [1.165, 1.54) is 32.1 Å². The highest BCUT2D eigenvalue weighted by Gasteiger charge is 2.31. The molecule has 10 heteroatoms. The number of rotatable bonds is 9. The van der Waals surface area contributed by atoms with Gasteiger partial charge in [-0.05, 0) is 96.2 Å². The van der Waals surface area contributed by atoms with Gasteiger partial charge in [0, 0.05) is 37.8 Å². The van der Waals surface area contributed by atoms with Gasteiger partial charge in [0.05, 0.1) is 35.3 Å². The van der Waals surface area contributed by atoms with Crippen LogP contribution in [-0.2, 0) is 14.8 Å². The number of aryl methyl sites for hydroxylation is 1. The fraction of sp³-hybridized carbons (Fsp3) is 0.639. The number of likely N-dealkylation sites (N-methyl/N-ethyl adjacent to an activating group) is 1. The van der Waals surface area contributed by atoms with Crippen LogP contribution in [0.5, 0.6) is 5.75 Å². The fourth-order valence-electron chi connectivity index (χ4n) is 6.57. The number of carbonyl (C=O) groups excluding carboxylic acids is 1. The van der Waals surface area contributed by atoms with E-state index in [4.69, 9.17) is 9.47 Å². The lowest BCUT2D eigenvalue weighted by atomic mass is 9.89. The zero-order valence-electron chi connectivity index (χ0n) is 28.4. The van der Waals surface area contributed by atoms with E-state index in [-0.39, 0.29) is 46.8 Å². The SMILES string of the molecule is Cc1ccc(S(=O)(=O)Nc2ccc3c(c2)C(=O)N([C@@H](C)CO)C[C@H](C)[C@@H](CN(C)CC2CCCCC2)OCCCC[C@H](C)O3)cc1. The number of ether oxygens (including phenoxy) is 2. The quantitative estimate of drug-likeness (QED) is 0.335. The number of carbonyl (C=O) groups is 1.